The lowest BCUT2D eigenvalue weighted by atomic mass is 10.1. The van der Waals surface area contributed by atoms with E-state index in [0.29, 0.717) is 23.0 Å². The van der Waals surface area contributed by atoms with Gasteiger partial charge >= 0.3 is 0 Å². The molecule has 5 nitrogen and oxygen atoms in total. The molecule has 0 spiro atoms. The van der Waals surface area contributed by atoms with Gasteiger partial charge in [-0.1, -0.05) is 54.1 Å². The standard InChI is InChI=1S/C24H22ClNO4S/c25-20-8-4-7-19(15-20)23-11-10-22(30-23)16-26(21-13-14-31(28,29)17-21)24(27)12-9-18-5-2-1-3-6-18/h1-12,15,21H,13-14,16-17H2. The van der Waals surface area contributed by atoms with Crippen molar-refractivity contribution < 1.29 is 17.6 Å². The molecule has 1 atom stereocenters. The molecule has 0 radical (unpaired) electrons. The van der Waals surface area contributed by atoms with Crippen molar-refractivity contribution in [2.75, 3.05) is 11.5 Å². The molecule has 2 aromatic carbocycles. The van der Waals surface area contributed by atoms with Crippen LogP contribution in [-0.4, -0.2) is 36.8 Å². The van der Waals surface area contributed by atoms with Gasteiger partial charge in [0.15, 0.2) is 9.84 Å². The molecule has 1 aromatic heterocycles. The SMILES string of the molecule is O=C(C=Cc1ccccc1)N(Cc1ccc(-c2cccc(Cl)c2)o1)C1CCS(=O)(=O)C1. The molecule has 7 heteroatoms. The van der Waals surface area contributed by atoms with E-state index in [0.717, 1.165) is 11.1 Å². The maximum Gasteiger partial charge on any atom is 0.247 e. The largest absolute Gasteiger partial charge is 0.459 e. The first kappa shape index (κ1) is 21.4. The number of carbonyl (C=O) groups is 1. The van der Waals surface area contributed by atoms with Gasteiger partial charge in [0.1, 0.15) is 11.5 Å². The lowest BCUT2D eigenvalue weighted by Crippen LogP contribution is -2.39. The molecule has 1 aliphatic heterocycles. The number of sulfone groups is 1. The second-order valence-corrected chi connectivity index (χ2v) is 10.2. The van der Waals surface area contributed by atoms with Crippen LogP contribution in [0, 0.1) is 0 Å². The first-order valence-corrected chi connectivity index (χ1v) is 12.2. The quantitative estimate of drug-likeness (QED) is 0.499. The van der Waals surface area contributed by atoms with Crippen LogP contribution in [-0.2, 0) is 21.2 Å². The molecule has 31 heavy (non-hydrogen) atoms. The van der Waals surface area contributed by atoms with Crippen molar-refractivity contribution in [3.05, 3.63) is 89.2 Å². The number of halogens is 1. The summed E-state index contributed by atoms with van der Waals surface area (Å²) in [6, 6.07) is 20.1. The molecule has 1 unspecified atom stereocenters. The number of furan rings is 1. The Balaban J connectivity index is 1.56. The zero-order chi connectivity index (χ0) is 21.8. The van der Waals surface area contributed by atoms with E-state index < -0.39 is 9.84 Å². The molecule has 3 aromatic rings. The normalized spacial score (nSPS) is 17.8. The van der Waals surface area contributed by atoms with Crippen LogP contribution in [0.1, 0.15) is 17.7 Å². The molecule has 1 amide bonds. The summed E-state index contributed by atoms with van der Waals surface area (Å²) in [5, 5.41) is 0.606. The van der Waals surface area contributed by atoms with E-state index in [4.69, 9.17) is 16.0 Å². The zero-order valence-corrected chi connectivity index (χ0v) is 18.4. The Morgan fingerprint density at radius 1 is 1.10 bits per heavy atom. The third-order valence-electron chi connectivity index (χ3n) is 5.25. The van der Waals surface area contributed by atoms with Crippen LogP contribution in [0.4, 0.5) is 0 Å². The van der Waals surface area contributed by atoms with Crippen molar-refractivity contribution in [2.24, 2.45) is 0 Å². The van der Waals surface area contributed by atoms with E-state index in [1.165, 1.54) is 6.08 Å². The highest BCUT2D eigenvalue weighted by Crippen LogP contribution is 2.27. The highest BCUT2D eigenvalue weighted by molar-refractivity contribution is 7.91. The summed E-state index contributed by atoms with van der Waals surface area (Å²) in [5.74, 6) is 1.05. The number of amides is 1. The van der Waals surface area contributed by atoms with Gasteiger partial charge in [-0.05, 0) is 42.3 Å². The van der Waals surface area contributed by atoms with Gasteiger partial charge in [0, 0.05) is 22.7 Å². The number of nitrogens with zero attached hydrogens (tertiary/aromatic N) is 1. The van der Waals surface area contributed by atoms with Crippen LogP contribution in [0.2, 0.25) is 5.02 Å². The Labute approximate surface area is 186 Å². The summed E-state index contributed by atoms with van der Waals surface area (Å²) in [6.07, 6.45) is 3.65. The molecule has 0 bridgehead atoms. The zero-order valence-electron chi connectivity index (χ0n) is 16.8. The van der Waals surface area contributed by atoms with Crippen LogP contribution >= 0.6 is 11.6 Å². The second-order valence-electron chi connectivity index (χ2n) is 7.54. The van der Waals surface area contributed by atoms with Crippen molar-refractivity contribution in [3.8, 4) is 11.3 Å². The summed E-state index contributed by atoms with van der Waals surface area (Å²) < 4.78 is 30.0. The van der Waals surface area contributed by atoms with Crippen molar-refractivity contribution >= 4 is 33.4 Å². The number of carbonyl (C=O) groups excluding carboxylic acids is 1. The Morgan fingerprint density at radius 3 is 2.61 bits per heavy atom. The third-order valence-corrected chi connectivity index (χ3v) is 7.23. The maximum absolute atomic E-state index is 13.0. The Kier molecular flexibility index (Phi) is 6.30. The van der Waals surface area contributed by atoms with Crippen LogP contribution in [0.5, 0.6) is 0 Å². The third kappa shape index (κ3) is 5.46. The van der Waals surface area contributed by atoms with Gasteiger partial charge in [-0.25, -0.2) is 8.42 Å². The lowest BCUT2D eigenvalue weighted by Gasteiger charge is -2.26. The average molecular weight is 456 g/mol. The van der Waals surface area contributed by atoms with Gasteiger partial charge in [-0.15, -0.1) is 0 Å². The monoisotopic (exact) mass is 455 g/mol. The Bertz CT molecular complexity index is 1200. The first-order chi connectivity index (χ1) is 14.9. The maximum atomic E-state index is 13.0. The van der Waals surface area contributed by atoms with Crippen LogP contribution in [0.3, 0.4) is 0 Å². The topological polar surface area (TPSA) is 67.6 Å². The molecule has 0 aliphatic carbocycles. The molecule has 160 valence electrons. The fourth-order valence-corrected chi connectivity index (χ4v) is 5.58. The van der Waals surface area contributed by atoms with E-state index in [9.17, 15) is 13.2 Å². The summed E-state index contributed by atoms with van der Waals surface area (Å²) in [5.41, 5.74) is 1.74. The minimum Gasteiger partial charge on any atom is -0.459 e. The van der Waals surface area contributed by atoms with Gasteiger partial charge in [-0.2, -0.15) is 0 Å². The number of hydrogen-bond acceptors (Lipinski definition) is 4. The highest BCUT2D eigenvalue weighted by atomic mass is 35.5. The van der Waals surface area contributed by atoms with Crippen LogP contribution in [0.15, 0.2) is 77.2 Å². The minimum absolute atomic E-state index is 0.0280. The van der Waals surface area contributed by atoms with E-state index >= 15 is 0 Å². The highest BCUT2D eigenvalue weighted by Gasteiger charge is 2.34. The predicted molar refractivity (Wildman–Crippen MR) is 122 cm³/mol. The van der Waals surface area contributed by atoms with Crippen LogP contribution < -0.4 is 0 Å². The molecular weight excluding hydrogens is 434 g/mol. The molecule has 1 saturated heterocycles. The van der Waals surface area contributed by atoms with Gasteiger partial charge in [0.05, 0.1) is 18.1 Å². The van der Waals surface area contributed by atoms with E-state index in [1.807, 2.05) is 48.5 Å². The minimum atomic E-state index is -3.14. The fraction of sp³-hybridized carbons (Fsp3) is 0.208. The average Bonchev–Trinajstić information content (AvgIpc) is 3.37. The first-order valence-electron chi connectivity index (χ1n) is 9.98. The molecule has 2 heterocycles. The number of hydrogen-bond donors (Lipinski definition) is 0. The van der Waals surface area contributed by atoms with Gasteiger partial charge in [0.25, 0.3) is 0 Å². The molecular formula is C24H22ClNO4S. The molecule has 1 aliphatic rings. The predicted octanol–water partition coefficient (Wildman–Crippen LogP) is 4.83. The smallest absolute Gasteiger partial charge is 0.247 e. The fourth-order valence-electron chi connectivity index (χ4n) is 3.66. The number of benzene rings is 2. The summed E-state index contributed by atoms with van der Waals surface area (Å²) >= 11 is 6.07. The van der Waals surface area contributed by atoms with E-state index in [1.54, 1.807) is 29.2 Å². The summed E-state index contributed by atoms with van der Waals surface area (Å²) in [6.45, 7) is 0.193. The van der Waals surface area contributed by atoms with E-state index in [2.05, 4.69) is 0 Å². The van der Waals surface area contributed by atoms with Crippen molar-refractivity contribution in [1.29, 1.82) is 0 Å². The van der Waals surface area contributed by atoms with Gasteiger partial charge < -0.3 is 9.32 Å². The Morgan fingerprint density at radius 2 is 1.90 bits per heavy atom. The second kappa shape index (κ2) is 9.12. The van der Waals surface area contributed by atoms with Crippen molar-refractivity contribution in [2.45, 2.75) is 19.0 Å². The summed E-state index contributed by atoms with van der Waals surface area (Å²) in [7, 11) is -3.14. The van der Waals surface area contributed by atoms with Gasteiger partial charge in [0.2, 0.25) is 5.91 Å². The van der Waals surface area contributed by atoms with E-state index in [-0.39, 0.29) is 30.0 Å². The van der Waals surface area contributed by atoms with Crippen molar-refractivity contribution in [1.82, 2.24) is 4.90 Å². The molecule has 0 saturated carbocycles. The van der Waals surface area contributed by atoms with Crippen molar-refractivity contribution in [3.63, 3.8) is 0 Å². The number of rotatable bonds is 6. The van der Waals surface area contributed by atoms with Crippen LogP contribution in [0.25, 0.3) is 17.4 Å². The Hall–Kier alpha value is -2.83. The lowest BCUT2D eigenvalue weighted by molar-refractivity contribution is -0.128. The molecule has 0 N–H and O–H groups in total. The molecule has 1 fully saturated rings. The van der Waals surface area contributed by atoms with Gasteiger partial charge in [-0.3, -0.25) is 4.79 Å². The summed E-state index contributed by atoms with van der Waals surface area (Å²) in [4.78, 5) is 14.6. The molecule has 4 rings (SSSR count).